The van der Waals surface area contributed by atoms with Crippen LogP contribution in [0.2, 0.25) is 0 Å². The molecule has 3 atom stereocenters. The number of nitriles is 1. The standard InChI is InChI=1S/C26H32N4O7S/c1-34-24-11-10-23(12-25(24)35-2)38(32,33)29-15-20-6-7-21(16-29)30(20)14-19(28-26(31)36-3)17-37-22-8-4-18(13-27)5-9-22/h4-5,8-12,19-21H,6-7,14-17H2,1-3H3,(H,28,31)/t19-,20?,21?/m0/s1. The third-order valence-corrected chi connectivity index (χ3v) is 8.79. The molecule has 4 rings (SSSR count). The number of ether oxygens (including phenoxy) is 4. The van der Waals surface area contributed by atoms with E-state index in [1.165, 1.54) is 37.8 Å². The summed E-state index contributed by atoms with van der Waals surface area (Å²) in [5.41, 5.74) is 0.527. The second-order valence-electron chi connectivity index (χ2n) is 9.20. The predicted molar refractivity (Wildman–Crippen MR) is 138 cm³/mol. The molecule has 0 saturated carbocycles. The molecular formula is C26H32N4O7S. The lowest BCUT2D eigenvalue weighted by atomic mass is 10.1. The van der Waals surface area contributed by atoms with Crippen molar-refractivity contribution in [2.24, 2.45) is 0 Å². The number of carbonyl (C=O) groups is 1. The van der Waals surface area contributed by atoms with Gasteiger partial charge in [-0.2, -0.15) is 9.57 Å². The average Bonchev–Trinajstić information content (AvgIpc) is 3.16. The fourth-order valence-corrected chi connectivity index (χ4v) is 6.55. The van der Waals surface area contributed by atoms with Gasteiger partial charge in [-0.05, 0) is 49.2 Å². The largest absolute Gasteiger partial charge is 0.493 e. The molecule has 38 heavy (non-hydrogen) atoms. The molecule has 11 nitrogen and oxygen atoms in total. The Morgan fingerprint density at radius 2 is 1.71 bits per heavy atom. The van der Waals surface area contributed by atoms with Crippen molar-refractivity contribution in [3.63, 3.8) is 0 Å². The zero-order valence-electron chi connectivity index (χ0n) is 21.6. The number of benzene rings is 2. The first-order valence-electron chi connectivity index (χ1n) is 12.2. The average molecular weight is 545 g/mol. The SMILES string of the molecule is COC(=O)N[C@H](COc1ccc(C#N)cc1)CN1C2CCC1CN(S(=O)(=O)c1ccc(OC)c(OC)c1)C2. The maximum Gasteiger partial charge on any atom is 0.407 e. The van der Waals surface area contributed by atoms with Crippen molar-refractivity contribution >= 4 is 16.1 Å². The lowest BCUT2D eigenvalue weighted by Gasteiger charge is -2.41. The van der Waals surface area contributed by atoms with Gasteiger partial charge in [-0.15, -0.1) is 0 Å². The lowest BCUT2D eigenvalue weighted by Crippen LogP contribution is -2.59. The van der Waals surface area contributed by atoms with Gasteiger partial charge in [0, 0.05) is 37.8 Å². The van der Waals surface area contributed by atoms with Crippen LogP contribution in [0.15, 0.2) is 47.4 Å². The van der Waals surface area contributed by atoms with E-state index in [1.54, 1.807) is 30.3 Å². The monoisotopic (exact) mass is 544 g/mol. The molecule has 2 saturated heterocycles. The molecule has 0 aromatic heterocycles. The van der Waals surface area contributed by atoms with Crippen LogP contribution < -0.4 is 19.5 Å². The number of methoxy groups -OCH3 is 3. The van der Waals surface area contributed by atoms with E-state index in [0.29, 0.717) is 42.4 Å². The van der Waals surface area contributed by atoms with E-state index in [2.05, 4.69) is 16.3 Å². The number of hydrogen-bond acceptors (Lipinski definition) is 9. The summed E-state index contributed by atoms with van der Waals surface area (Å²) >= 11 is 0. The molecular weight excluding hydrogens is 512 g/mol. The number of nitrogens with one attached hydrogen (secondary N) is 1. The molecule has 2 heterocycles. The zero-order valence-corrected chi connectivity index (χ0v) is 22.4. The quantitative estimate of drug-likeness (QED) is 0.478. The van der Waals surface area contributed by atoms with Crippen molar-refractivity contribution in [1.29, 1.82) is 5.26 Å². The van der Waals surface area contributed by atoms with E-state index < -0.39 is 22.2 Å². The van der Waals surface area contributed by atoms with Crippen LogP contribution in [-0.4, -0.2) is 89.4 Å². The zero-order chi connectivity index (χ0) is 27.3. The Bertz CT molecular complexity index is 1270. The summed E-state index contributed by atoms with van der Waals surface area (Å²) in [5, 5.41) is 11.8. The Morgan fingerprint density at radius 3 is 2.29 bits per heavy atom. The topological polar surface area (TPSA) is 130 Å². The van der Waals surface area contributed by atoms with Gasteiger partial charge in [0.1, 0.15) is 12.4 Å². The summed E-state index contributed by atoms with van der Waals surface area (Å²) in [4.78, 5) is 14.4. The number of alkyl carbamates (subject to hydrolysis) is 1. The van der Waals surface area contributed by atoms with E-state index in [9.17, 15) is 13.2 Å². The van der Waals surface area contributed by atoms with Crippen molar-refractivity contribution in [1.82, 2.24) is 14.5 Å². The Labute approximate surface area is 222 Å². The van der Waals surface area contributed by atoms with E-state index in [-0.39, 0.29) is 23.6 Å². The fraction of sp³-hybridized carbons (Fsp3) is 0.462. The minimum Gasteiger partial charge on any atom is -0.493 e. The summed E-state index contributed by atoms with van der Waals surface area (Å²) in [7, 11) is 0.532. The van der Waals surface area contributed by atoms with Crippen LogP contribution in [0.3, 0.4) is 0 Å². The van der Waals surface area contributed by atoms with Crippen LogP contribution in [0.4, 0.5) is 4.79 Å². The molecule has 204 valence electrons. The van der Waals surface area contributed by atoms with Crippen LogP contribution in [-0.2, 0) is 14.8 Å². The van der Waals surface area contributed by atoms with Crippen molar-refractivity contribution in [3.05, 3.63) is 48.0 Å². The van der Waals surface area contributed by atoms with Gasteiger partial charge in [-0.25, -0.2) is 13.2 Å². The number of fused-ring (bicyclic) bond motifs is 2. The highest BCUT2D eigenvalue weighted by atomic mass is 32.2. The molecule has 12 heteroatoms. The molecule has 0 aliphatic carbocycles. The normalized spacial score (nSPS) is 20.3. The highest BCUT2D eigenvalue weighted by Gasteiger charge is 2.44. The molecule has 0 spiro atoms. The molecule has 2 unspecified atom stereocenters. The molecule has 1 amide bonds. The first-order valence-corrected chi connectivity index (χ1v) is 13.7. The molecule has 0 radical (unpaired) electrons. The molecule has 2 aliphatic heterocycles. The van der Waals surface area contributed by atoms with Gasteiger partial charge >= 0.3 is 6.09 Å². The fourth-order valence-electron chi connectivity index (χ4n) is 5.01. The highest BCUT2D eigenvalue weighted by Crippen LogP contribution is 2.35. The third kappa shape index (κ3) is 5.96. The summed E-state index contributed by atoms with van der Waals surface area (Å²) < 4.78 is 49.7. The van der Waals surface area contributed by atoms with Crippen molar-refractivity contribution in [2.75, 3.05) is 47.6 Å². The number of carbonyl (C=O) groups excluding carboxylic acids is 1. The molecule has 2 aromatic rings. The van der Waals surface area contributed by atoms with Crippen molar-refractivity contribution < 1.29 is 32.2 Å². The molecule has 2 aliphatic rings. The van der Waals surface area contributed by atoms with Crippen LogP contribution in [0.1, 0.15) is 18.4 Å². The Kier molecular flexibility index (Phi) is 8.61. The smallest absolute Gasteiger partial charge is 0.407 e. The van der Waals surface area contributed by atoms with Gasteiger partial charge in [0.25, 0.3) is 0 Å². The second kappa shape index (κ2) is 11.9. The second-order valence-corrected chi connectivity index (χ2v) is 11.1. The highest BCUT2D eigenvalue weighted by molar-refractivity contribution is 7.89. The Hall–Kier alpha value is -3.53. The van der Waals surface area contributed by atoms with E-state index in [4.69, 9.17) is 24.2 Å². The molecule has 1 N–H and O–H groups in total. The Morgan fingerprint density at radius 1 is 1.05 bits per heavy atom. The summed E-state index contributed by atoms with van der Waals surface area (Å²) in [6.45, 7) is 1.35. The summed E-state index contributed by atoms with van der Waals surface area (Å²) in [5.74, 6) is 1.40. The number of amides is 1. The van der Waals surface area contributed by atoms with E-state index >= 15 is 0 Å². The first kappa shape index (κ1) is 27.5. The van der Waals surface area contributed by atoms with Gasteiger partial charge in [0.2, 0.25) is 10.0 Å². The number of hydrogen-bond donors (Lipinski definition) is 1. The number of sulfonamides is 1. The van der Waals surface area contributed by atoms with Crippen molar-refractivity contribution in [3.8, 4) is 23.3 Å². The van der Waals surface area contributed by atoms with Crippen LogP contribution in [0.5, 0.6) is 17.2 Å². The van der Waals surface area contributed by atoms with Crippen LogP contribution in [0, 0.1) is 11.3 Å². The first-order chi connectivity index (χ1) is 18.3. The van der Waals surface area contributed by atoms with Crippen LogP contribution >= 0.6 is 0 Å². The van der Waals surface area contributed by atoms with Crippen molar-refractivity contribution in [2.45, 2.75) is 35.9 Å². The lowest BCUT2D eigenvalue weighted by molar-refractivity contribution is 0.0859. The van der Waals surface area contributed by atoms with Gasteiger partial charge in [-0.3, -0.25) is 4.90 Å². The van der Waals surface area contributed by atoms with Crippen LogP contribution in [0.25, 0.3) is 0 Å². The van der Waals surface area contributed by atoms with Gasteiger partial charge in [0.05, 0.1) is 43.9 Å². The maximum atomic E-state index is 13.5. The van der Waals surface area contributed by atoms with Gasteiger partial charge in [-0.1, -0.05) is 0 Å². The minimum absolute atomic E-state index is 0.000489. The van der Waals surface area contributed by atoms with E-state index in [0.717, 1.165) is 12.8 Å². The number of piperazine rings is 1. The third-order valence-electron chi connectivity index (χ3n) is 6.97. The number of rotatable bonds is 10. The summed E-state index contributed by atoms with van der Waals surface area (Å²) in [6, 6.07) is 13.0. The Balaban J connectivity index is 1.45. The van der Waals surface area contributed by atoms with E-state index in [1.807, 2.05) is 0 Å². The molecule has 2 bridgehead atoms. The predicted octanol–water partition coefficient (Wildman–Crippen LogP) is 2.22. The number of nitrogens with zero attached hydrogens (tertiary/aromatic N) is 3. The minimum atomic E-state index is -3.74. The molecule has 2 fully saturated rings. The summed E-state index contributed by atoms with van der Waals surface area (Å²) in [6.07, 6.45) is 1.13. The van der Waals surface area contributed by atoms with Gasteiger partial charge < -0.3 is 24.3 Å². The maximum absolute atomic E-state index is 13.5. The molecule has 2 aromatic carbocycles. The van der Waals surface area contributed by atoms with Gasteiger partial charge in [0.15, 0.2) is 11.5 Å².